The van der Waals surface area contributed by atoms with Crippen molar-refractivity contribution in [2.24, 2.45) is 0 Å². The molecule has 4 heteroatoms. The summed E-state index contributed by atoms with van der Waals surface area (Å²) in [5, 5.41) is 3.53. The Bertz CT molecular complexity index is 722. The molecule has 23 heavy (non-hydrogen) atoms. The number of anilines is 1. The zero-order chi connectivity index (χ0) is 15.8. The topological polar surface area (TPSA) is 41.6 Å². The maximum atomic E-state index is 12.9. The molecule has 1 fully saturated rings. The van der Waals surface area contributed by atoms with Gasteiger partial charge < -0.3 is 15.0 Å². The van der Waals surface area contributed by atoms with Gasteiger partial charge in [-0.1, -0.05) is 24.3 Å². The maximum absolute atomic E-state index is 12.9. The van der Waals surface area contributed by atoms with Crippen LogP contribution in [0.1, 0.15) is 41.9 Å². The molecule has 0 aromatic heterocycles. The number of para-hydroxylation sites is 1. The molecule has 1 amide bonds. The van der Waals surface area contributed by atoms with Gasteiger partial charge in [-0.15, -0.1) is 0 Å². The number of hydrogen-bond donors (Lipinski definition) is 1. The Kier molecular flexibility index (Phi) is 3.45. The molecular weight excluding hydrogens is 288 g/mol. The standard InChI is InChI=1S/C19H20N2O2/c1-2-23-15-11-7-13(8-12-15)18-20-17-6-4-3-5-16(17)19(22)21(18)14-9-10-14/h3-8,11-12,14,18,20H,2,9-10H2,1H3. The number of carbonyl (C=O) groups excluding carboxylic acids is 1. The highest BCUT2D eigenvalue weighted by molar-refractivity contribution is 6.02. The van der Waals surface area contributed by atoms with Gasteiger partial charge in [-0.25, -0.2) is 0 Å². The maximum Gasteiger partial charge on any atom is 0.258 e. The highest BCUT2D eigenvalue weighted by Gasteiger charge is 2.41. The quantitative estimate of drug-likeness (QED) is 0.933. The third-order valence-corrected chi connectivity index (χ3v) is 4.41. The minimum absolute atomic E-state index is 0.111. The van der Waals surface area contributed by atoms with Crippen LogP contribution in [0.2, 0.25) is 0 Å². The largest absolute Gasteiger partial charge is 0.494 e. The van der Waals surface area contributed by atoms with Gasteiger partial charge in [-0.05, 0) is 49.6 Å². The van der Waals surface area contributed by atoms with E-state index in [0.717, 1.165) is 35.4 Å². The third-order valence-electron chi connectivity index (χ3n) is 4.41. The Morgan fingerprint density at radius 3 is 2.57 bits per heavy atom. The van der Waals surface area contributed by atoms with Crippen molar-refractivity contribution in [3.05, 3.63) is 59.7 Å². The summed E-state index contributed by atoms with van der Waals surface area (Å²) in [6.45, 7) is 2.63. The Morgan fingerprint density at radius 1 is 1.13 bits per heavy atom. The number of carbonyl (C=O) groups is 1. The predicted octanol–water partition coefficient (Wildman–Crippen LogP) is 3.81. The van der Waals surface area contributed by atoms with Crippen LogP contribution in [0.25, 0.3) is 0 Å². The van der Waals surface area contributed by atoms with E-state index in [0.29, 0.717) is 12.6 Å². The van der Waals surface area contributed by atoms with Crippen LogP contribution < -0.4 is 10.1 Å². The van der Waals surface area contributed by atoms with Crippen LogP contribution in [0.15, 0.2) is 48.5 Å². The van der Waals surface area contributed by atoms with E-state index in [2.05, 4.69) is 5.32 Å². The normalized spacial score (nSPS) is 20.0. The molecule has 4 nitrogen and oxygen atoms in total. The average Bonchev–Trinajstić information content (AvgIpc) is 3.41. The van der Waals surface area contributed by atoms with Crippen LogP contribution in [-0.2, 0) is 0 Å². The highest BCUT2D eigenvalue weighted by Crippen LogP contribution is 2.40. The second-order valence-electron chi connectivity index (χ2n) is 6.04. The van der Waals surface area contributed by atoms with Gasteiger partial charge >= 0.3 is 0 Å². The summed E-state index contributed by atoms with van der Waals surface area (Å²) < 4.78 is 5.51. The number of benzene rings is 2. The summed E-state index contributed by atoms with van der Waals surface area (Å²) in [5.41, 5.74) is 2.76. The molecule has 2 aromatic rings. The minimum Gasteiger partial charge on any atom is -0.494 e. The highest BCUT2D eigenvalue weighted by atomic mass is 16.5. The molecule has 0 spiro atoms. The van der Waals surface area contributed by atoms with Crippen molar-refractivity contribution in [3.63, 3.8) is 0 Å². The molecule has 4 rings (SSSR count). The Balaban J connectivity index is 1.70. The average molecular weight is 308 g/mol. The zero-order valence-electron chi connectivity index (χ0n) is 13.2. The lowest BCUT2D eigenvalue weighted by Crippen LogP contribution is -2.44. The summed E-state index contributed by atoms with van der Waals surface area (Å²) in [5.74, 6) is 0.984. The van der Waals surface area contributed by atoms with E-state index >= 15 is 0 Å². The van der Waals surface area contributed by atoms with Crippen LogP contribution in [-0.4, -0.2) is 23.5 Å². The fraction of sp³-hybridized carbons (Fsp3) is 0.316. The monoisotopic (exact) mass is 308 g/mol. The predicted molar refractivity (Wildman–Crippen MR) is 89.6 cm³/mol. The van der Waals surface area contributed by atoms with Crippen molar-refractivity contribution < 1.29 is 9.53 Å². The van der Waals surface area contributed by atoms with Gasteiger partial charge in [-0.3, -0.25) is 4.79 Å². The van der Waals surface area contributed by atoms with Crippen LogP contribution in [0.3, 0.4) is 0 Å². The van der Waals surface area contributed by atoms with Gasteiger partial charge in [-0.2, -0.15) is 0 Å². The van der Waals surface area contributed by atoms with Gasteiger partial charge in [0.15, 0.2) is 0 Å². The van der Waals surface area contributed by atoms with Gasteiger partial charge in [0, 0.05) is 11.7 Å². The zero-order valence-corrected chi connectivity index (χ0v) is 13.2. The summed E-state index contributed by atoms with van der Waals surface area (Å²) in [4.78, 5) is 14.9. The van der Waals surface area contributed by atoms with Gasteiger partial charge in [0.2, 0.25) is 0 Å². The Hall–Kier alpha value is -2.49. The molecule has 1 unspecified atom stereocenters. The van der Waals surface area contributed by atoms with Crippen molar-refractivity contribution in [3.8, 4) is 5.75 Å². The Morgan fingerprint density at radius 2 is 1.87 bits per heavy atom. The van der Waals surface area contributed by atoms with E-state index in [9.17, 15) is 4.79 Å². The molecule has 1 saturated carbocycles. The van der Waals surface area contributed by atoms with E-state index in [4.69, 9.17) is 4.74 Å². The number of nitrogens with one attached hydrogen (secondary N) is 1. The summed E-state index contributed by atoms with van der Waals surface area (Å²) in [7, 11) is 0. The molecule has 0 bridgehead atoms. The molecule has 2 aromatic carbocycles. The van der Waals surface area contributed by atoms with Crippen LogP contribution in [0.5, 0.6) is 5.75 Å². The molecular formula is C19H20N2O2. The molecule has 1 aliphatic heterocycles. The van der Waals surface area contributed by atoms with Crippen molar-refractivity contribution in [2.75, 3.05) is 11.9 Å². The molecule has 2 aliphatic rings. The molecule has 118 valence electrons. The van der Waals surface area contributed by atoms with E-state index in [1.807, 2.05) is 60.4 Å². The molecule has 1 aliphatic carbocycles. The van der Waals surface area contributed by atoms with Crippen LogP contribution >= 0.6 is 0 Å². The van der Waals surface area contributed by atoms with Crippen molar-refractivity contribution in [2.45, 2.75) is 32.0 Å². The second-order valence-corrected chi connectivity index (χ2v) is 6.04. The number of hydrogen-bond acceptors (Lipinski definition) is 3. The molecule has 1 atom stereocenters. The van der Waals surface area contributed by atoms with Crippen LogP contribution in [0.4, 0.5) is 5.69 Å². The summed E-state index contributed by atoms with van der Waals surface area (Å²) in [6, 6.07) is 16.1. The molecule has 1 heterocycles. The van der Waals surface area contributed by atoms with E-state index in [1.54, 1.807) is 0 Å². The van der Waals surface area contributed by atoms with Gasteiger partial charge in [0.05, 0.1) is 12.2 Å². The number of ether oxygens (including phenoxy) is 1. The lowest BCUT2D eigenvalue weighted by atomic mass is 10.0. The second kappa shape index (κ2) is 5.61. The molecule has 0 radical (unpaired) electrons. The first-order valence-corrected chi connectivity index (χ1v) is 8.19. The first-order chi connectivity index (χ1) is 11.3. The van der Waals surface area contributed by atoms with E-state index in [-0.39, 0.29) is 12.1 Å². The van der Waals surface area contributed by atoms with Crippen molar-refractivity contribution in [1.29, 1.82) is 0 Å². The first kappa shape index (κ1) is 14.1. The van der Waals surface area contributed by atoms with Crippen molar-refractivity contribution in [1.82, 2.24) is 4.90 Å². The first-order valence-electron chi connectivity index (χ1n) is 8.19. The minimum atomic E-state index is -0.111. The number of amides is 1. The molecule has 1 N–H and O–H groups in total. The number of nitrogens with zero attached hydrogens (tertiary/aromatic N) is 1. The lowest BCUT2D eigenvalue weighted by Gasteiger charge is -2.38. The lowest BCUT2D eigenvalue weighted by molar-refractivity contribution is 0.0666. The van der Waals surface area contributed by atoms with Crippen LogP contribution in [0, 0.1) is 0 Å². The van der Waals surface area contributed by atoms with Gasteiger partial charge in [0.1, 0.15) is 11.9 Å². The van der Waals surface area contributed by atoms with E-state index in [1.165, 1.54) is 0 Å². The number of fused-ring (bicyclic) bond motifs is 1. The smallest absolute Gasteiger partial charge is 0.258 e. The molecule has 0 saturated heterocycles. The fourth-order valence-electron chi connectivity index (χ4n) is 3.15. The Labute approximate surface area is 136 Å². The summed E-state index contributed by atoms with van der Waals surface area (Å²) in [6.07, 6.45) is 2.06. The van der Waals surface area contributed by atoms with Crippen molar-refractivity contribution >= 4 is 11.6 Å². The SMILES string of the molecule is CCOc1ccc(C2Nc3ccccc3C(=O)N2C2CC2)cc1. The van der Waals surface area contributed by atoms with E-state index < -0.39 is 0 Å². The fourth-order valence-corrected chi connectivity index (χ4v) is 3.15. The summed E-state index contributed by atoms with van der Waals surface area (Å²) >= 11 is 0. The number of rotatable bonds is 4. The third kappa shape index (κ3) is 2.54. The van der Waals surface area contributed by atoms with Gasteiger partial charge in [0.25, 0.3) is 5.91 Å².